The third-order valence-corrected chi connectivity index (χ3v) is 6.13. The largest absolute Gasteiger partial charge is 0.480 e. The zero-order chi connectivity index (χ0) is 29.1. The molecule has 0 aliphatic carbocycles. The molecule has 0 saturated heterocycles. The first-order chi connectivity index (χ1) is 19.0. The zero-order valence-corrected chi connectivity index (χ0v) is 23.6. The zero-order valence-electron chi connectivity index (χ0n) is 23.6. The summed E-state index contributed by atoms with van der Waals surface area (Å²) in [6.45, 7) is 7.26. The molecule has 3 aromatic rings. The molecule has 10 heteroatoms. The molecule has 1 atom stereocenters. The van der Waals surface area contributed by atoms with Crippen LogP contribution in [-0.4, -0.2) is 55.7 Å². The van der Waals surface area contributed by atoms with E-state index in [0.29, 0.717) is 31.5 Å². The first-order valence-corrected chi connectivity index (χ1v) is 13.3. The maximum Gasteiger partial charge on any atom is 0.410 e. The lowest BCUT2D eigenvalue weighted by Crippen LogP contribution is -2.41. The molecule has 0 unspecified atom stereocenters. The number of carboxylic acid groups (broad SMARTS) is 1. The molecule has 0 radical (unpaired) electrons. The number of hydrogen-bond donors (Lipinski definition) is 3. The fraction of sp³-hybridized carbons (Fsp3) is 0.400. The van der Waals surface area contributed by atoms with Gasteiger partial charge in [-0.3, -0.25) is 14.7 Å². The van der Waals surface area contributed by atoms with Crippen LogP contribution in [0, 0.1) is 0 Å². The summed E-state index contributed by atoms with van der Waals surface area (Å²) < 4.78 is 7.60. The van der Waals surface area contributed by atoms with Crippen LogP contribution < -0.4 is 10.6 Å². The molecule has 40 heavy (non-hydrogen) atoms. The summed E-state index contributed by atoms with van der Waals surface area (Å²) in [5.41, 5.74) is 2.33. The second-order valence-corrected chi connectivity index (χ2v) is 10.6. The highest BCUT2D eigenvalue weighted by Crippen LogP contribution is 2.16. The van der Waals surface area contributed by atoms with Gasteiger partial charge in [-0.25, -0.2) is 9.59 Å². The Morgan fingerprint density at radius 1 is 1.05 bits per heavy atom. The Labute approximate surface area is 235 Å². The standard InChI is InChI=1S/C30H39N5O5/c1-30(2,3)40-29(39)35(21-24-9-5-6-17-32-24)20-22-12-14-23(15-13-22)27(36)33-26(28(37)38)11-7-16-31-19-25-10-8-18-34(25)4/h5-6,8-10,12-15,17-18,26,31H,7,11,16,19-21H2,1-4H3,(H,33,36)(H,37,38)/t26-/m0/s1. The number of nitrogens with one attached hydrogen (secondary N) is 2. The van der Waals surface area contributed by atoms with Crippen LogP contribution >= 0.6 is 0 Å². The molecule has 214 valence electrons. The summed E-state index contributed by atoms with van der Waals surface area (Å²) in [5.74, 6) is -1.54. The number of ether oxygens (including phenoxy) is 1. The van der Waals surface area contributed by atoms with Crippen LogP contribution in [0.15, 0.2) is 67.0 Å². The average Bonchev–Trinajstić information content (AvgIpc) is 3.31. The van der Waals surface area contributed by atoms with E-state index >= 15 is 0 Å². The SMILES string of the molecule is Cn1cccc1CNCCC[C@H](NC(=O)c1ccc(CN(Cc2ccccn2)C(=O)OC(C)(C)C)cc1)C(=O)O. The third kappa shape index (κ3) is 9.85. The molecule has 0 spiro atoms. The minimum atomic E-state index is -1.07. The van der Waals surface area contributed by atoms with Crippen molar-refractivity contribution in [3.05, 3.63) is 89.5 Å². The van der Waals surface area contributed by atoms with Crippen molar-refractivity contribution in [1.29, 1.82) is 0 Å². The fourth-order valence-corrected chi connectivity index (χ4v) is 4.01. The molecule has 2 amide bonds. The number of aromatic nitrogens is 2. The van der Waals surface area contributed by atoms with Crippen LogP contribution in [0.5, 0.6) is 0 Å². The van der Waals surface area contributed by atoms with Gasteiger partial charge in [0, 0.05) is 43.8 Å². The van der Waals surface area contributed by atoms with Gasteiger partial charge in [0.15, 0.2) is 0 Å². The highest BCUT2D eigenvalue weighted by atomic mass is 16.6. The molecule has 3 rings (SSSR count). The van der Waals surface area contributed by atoms with E-state index in [1.165, 1.54) is 0 Å². The van der Waals surface area contributed by atoms with E-state index in [0.717, 1.165) is 17.0 Å². The van der Waals surface area contributed by atoms with Crippen molar-refractivity contribution >= 4 is 18.0 Å². The quantitative estimate of drug-likeness (QED) is 0.274. The second-order valence-electron chi connectivity index (χ2n) is 10.6. The van der Waals surface area contributed by atoms with Crippen molar-refractivity contribution in [2.45, 2.75) is 64.9 Å². The first-order valence-electron chi connectivity index (χ1n) is 13.3. The van der Waals surface area contributed by atoms with E-state index < -0.39 is 29.6 Å². The van der Waals surface area contributed by atoms with Gasteiger partial charge < -0.3 is 25.0 Å². The van der Waals surface area contributed by atoms with Gasteiger partial charge in [-0.1, -0.05) is 18.2 Å². The highest BCUT2D eigenvalue weighted by molar-refractivity contribution is 5.96. The van der Waals surface area contributed by atoms with Crippen molar-refractivity contribution in [3.8, 4) is 0 Å². The number of aliphatic carboxylic acids is 1. The lowest BCUT2D eigenvalue weighted by molar-refractivity contribution is -0.139. The van der Waals surface area contributed by atoms with Crippen LogP contribution in [0.2, 0.25) is 0 Å². The van der Waals surface area contributed by atoms with Crippen molar-refractivity contribution in [3.63, 3.8) is 0 Å². The van der Waals surface area contributed by atoms with E-state index in [1.54, 1.807) is 35.4 Å². The summed E-state index contributed by atoms with van der Waals surface area (Å²) in [7, 11) is 1.97. The summed E-state index contributed by atoms with van der Waals surface area (Å²) in [6.07, 6.45) is 4.07. The van der Waals surface area contributed by atoms with Gasteiger partial charge in [0.25, 0.3) is 5.91 Å². The van der Waals surface area contributed by atoms with E-state index in [-0.39, 0.29) is 13.1 Å². The Morgan fingerprint density at radius 3 is 2.40 bits per heavy atom. The van der Waals surface area contributed by atoms with Gasteiger partial charge in [-0.2, -0.15) is 0 Å². The van der Waals surface area contributed by atoms with Crippen molar-refractivity contribution in [2.75, 3.05) is 6.54 Å². The molecule has 0 fully saturated rings. The van der Waals surface area contributed by atoms with Crippen molar-refractivity contribution in [1.82, 2.24) is 25.1 Å². The topological polar surface area (TPSA) is 126 Å². The number of carboxylic acids is 1. The Balaban J connectivity index is 1.55. The van der Waals surface area contributed by atoms with Gasteiger partial charge in [-0.05, 0) is 82.1 Å². The van der Waals surface area contributed by atoms with Gasteiger partial charge in [0.05, 0.1) is 12.2 Å². The highest BCUT2D eigenvalue weighted by Gasteiger charge is 2.24. The maximum atomic E-state index is 12.9. The number of amides is 2. The van der Waals surface area contributed by atoms with E-state index in [2.05, 4.69) is 15.6 Å². The number of benzene rings is 1. The number of aryl methyl sites for hydroxylation is 1. The Bertz CT molecular complexity index is 1250. The number of carbonyl (C=O) groups is 3. The molecule has 3 N–H and O–H groups in total. The molecule has 0 aliphatic rings. The molecular formula is C30H39N5O5. The lowest BCUT2D eigenvalue weighted by atomic mass is 10.1. The Kier molecular flexibility index (Phi) is 10.8. The van der Waals surface area contributed by atoms with Crippen molar-refractivity contribution < 1.29 is 24.2 Å². The minimum Gasteiger partial charge on any atom is -0.480 e. The molecule has 0 saturated carbocycles. The molecule has 0 bridgehead atoms. The average molecular weight is 550 g/mol. The van der Waals surface area contributed by atoms with Crippen LogP contribution in [0.25, 0.3) is 0 Å². The lowest BCUT2D eigenvalue weighted by Gasteiger charge is -2.27. The van der Waals surface area contributed by atoms with Crippen LogP contribution in [0.3, 0.4) is 0 Å². The summed E-state index contributed by atoms with van der Waals surface area (Å²) in [6, 6.07) is 15.2. The normalized spacial score (nSPS) is 12.0. The van der Waals surface area contributed by atoms with Gasteiger partial charge in [0.2, 0.25) is 0 Å². The Hall–Kier alpha value is -4.18. The fourth-order valence-electron chi connectivity index (χ4n) is 4.01. The van der Waals surface area contributed by atoms with Crippen molar-refractivity contribution in [2.24, 2.45) is 7.05 Å². The summed E-state index contributed by atoms with van der Waals surface area (Å²) >= 11 is 0. The molecule has 10 nitrogen and oxygen atoms in total. The van der Waals surface area contributed by atoms with Crippen LogP contribution in [0.1, 0.15) is 60.9 Å². The molecule has 2 aromatic heterocycles. The van der Waals surface area contributed by atoms with Gasteiger partial charge >= 0.3 is 12.1 Å². The summed E-state index contributed by atoms with van der Waals surface area (Å²) in [5, 5.41) is 15.5. The van der Waals surface area contributed by atoms with Crippen LogP contribution in [0.4, 0.5) is 4.79 Å². The number of hydrogen-bond acceptors (Lipinski definition) is 6. The van der Waals surface area contributed by atoms with Gasteiger partial charge in [-0.15, -0.1) is 0 Å². The maximum absolute atomic E-state index is 12.9. The Morgan fingerprint density at radius 2 is 1.80 bits per heavy atom. The van der Waals surface area contributed by atoms with E-state index in [1.807, 2.05) is 68.9 Å². The van der Waals surface area contributed by atoms with Gasteiger partial charge in [0.1, 0.15) is 11.6 Å². The summed E-state index contributed by atoms with van der Waals surface area (Å²) in [4.78, 5) is 43.3. The molecule has 2 heterocycles. The minimum absolute atomic E-state index is 0.251. The molecule has 0 aliphatic heterocycles. The number of rotatable bonds is 13. The van der Waals surface area contributed by atoms with E-state index in [4.69, 9.17) is 4.74 Å². The number of nitrogens with zero attached hydrogens (tertiary/aromatic N) is 3. The number of carbonyl (C=O) groups excluding carboxylic acids is 2. The predicted molar refractivity (Wildman–Crippen MR) is 151 cm³/mol. The first kappa shape index (κ1) is 30.4. The molecular weight excluding hydrogens is 510 g/mol. The van der Waals surface area contributed by atoms with Crippen LogP contribution in [-0.2, 0) is 36.2 Å². The third-order valence-electron chi connectivity index (χ3n) is 6.13. The molecule has 1 aromatic carbocycles. The second kappa shape index (κ2) is 14.3. The smallest absolute Gasteiger partial charge is 0.410 e. The number of pyridine rings is 1. The monoisotopic (exact) mass is 549 g/mol. The van der Waals surface area contributed by atoms with E-state index in [9.17, 15) is 19.5 Å². The predicted octanol–water partition coefficient (Wildman–Crippen LogP) is 4.11.